The summed E-state index contributed by atoms with van der Waals surface area (Å²) in [5, 5.41) is 11.3. The van der Waals surface area contributed by atoms with E-state index in [1.165, 1.54) is 0 Å². The third kappa shape index (κ3) is 2.39. The van der Waals surface area contributed by atoms with E-state index in [4.69, 9.17) is 4.74 Å². The minimum atomic E-state index is 0.0401. The second kappa shape index (κ2) is 4.90. The number of carbonyl (C=O) groups excluding carboxylic acids is 1. The fourth-order valence-corrected chi connectivity index (χ4v) is 2.32. The molecule has 3 rings (SSSR count). The highest BCUT2D eigenvalue weighted by Gasteiger charge is 2.18. The first-order valence-electron chi connectivity index (χ1n) is 6.34. The summed E-state index contributed by atoms with van der Waals surface area (Å²) in [4.78, 5) is 14.1. The van der Waals surface area contributed by atoms with Gasteiger partial charge in [-0.3, -0.25) is 4.79 Å². The molecule has 1 heterocycles. The molecule has 4 heteroatoms. The normalized spacial score (nSPS) is 15.7. The lowest BCUT2D eigenvalue weighted by Gasteiger charge is -2.26. The number of phenols is 1. The van der Waals surface area contributed by atoms with E-state index in [0.29, 0.717) is 31.9 Å². The number of hydrogen-bond donors (Lipinski definition) is 1. The molecule has 2 aromatic rings. The van der Waals surface area contributed by atoms with Crippen molar-refractivity contribution in [3.05, 3.63) is 42.0 Å². The van der Waals surface area contributed by atoms with Crippen molar-refractivity contribution < 1.29 is 14.6 Å². The number of fused-ring (bicyclic) bond motifs is 1. The average molecular weight is 257 g/mol. The van der Waals surface area contributed by atoms with E-state index in [1.54, 1.807) is 18.2 Å². The molecule has 0 atom stereocenters. The van der Waals surface area contributed by atoms with Gasteiger partial charge in [0, 0.05) is 18.7 Å². The zero-order valence-electron chi connectivity index (χ0n) is 10.5. The Bertz CT molecular complexity index is 618. The first kappa shape index (κ1) is 12.0. The summed E-state index contributed by atoms with van der Waals surface area (Å²) in [5.74, 6) is 0.276. The molecule has 0 aliphatic carbocycles. The van der Waals surface area contributed by atoms with E-state index in [9.17, 15) is 9.90 Å². The van der Waals surface area contributed by atoms with Crippen molar-refractivity contribution in [2.75, 3.05) is 26.3 Å². The molecule has 1 aliphatic heterocycles. The van der Waals surface area contributed by atoms with E-state index in [-0.39, 0.29) is 11.7 Å². The van der Waals surface area contributed by atoms with Gasteiger partial charge in [0.15, 0.2) is 0 Å². The molecule has 0 radical (unpaired) electrons. The zero-order chi connectivity index (χ0) is 13.2. The van der Waals surface area contributed by atoms with Crippen LogP contribution in [0.15, 0.2) is 36.4 Å². The Morgan fingerprint density at radius 3 is 2.53 bits per heavy atom. The molecule has 0 saturated carbocycles. The molecule has 1 N–H and O–H groups in total. The summed E-state index contributed by atoms with van der Waals surface area (Å²) in [6.07, 6.45) is 0. The number of rotatable bonds is 1. The van der Waals surface area contributed by atoms with Gasteiger partial charge in [0.1, 0.15) is 5.75 Å². The van der Waals surface area contributed by atoms with Crippen LogP contribution in [0.4, 0.5) is 0 Å². The number of phenolic OH excluding ortho intramolecular Hbond substituents is 1. The highest BCUT2D eigenvalue weighted by Crippen LogP contribution is 2.21. The molecule has 0 spiro atoms. The summed E-state index contributed by atoms with van der Waals surface area (Å²) in [5.41, 5.74) is 0.681. The highest BCUT2D eigenvalue weighted by molar-refractivity contribution is 5.98. The van der Waals surface area contributed by atoms with Gasteiger partial charge in [-0.25, -0.2) is 0 Å². The van der Waals surface area contributed by atoms with Crippen molar-refractivity contribution >= 4 is 16.7 Å². The van der Waals surface area contributed by atoms with E-state index < -0.39 is 0 Å². The molecule has 1 saturated heterocycles. The number of ether oxygens (including phenoxy) is 1. The Hall–Kier alpha value is -2.07. The first-order chi connectivity index (χ1) is 9.24. The molecule has 19 heavy (non-hydrogen) atoms. The smallest absolute Gasteiger partial charge is 0.254 e. The molecule has 98 valence electrons. The maximum absolute atomic E-state index is 12.3. The Morgan fingerprint density at radius 1 is 1.05 bits per heavy atom. The van der Waals surface area contributed by atoms with Crippen molar-refractivity contribution in [3.63, 3.8) is 0 Å². The molecular formula is C15H15NO3. The number of carbonyl (C=O) groups is 1. The Kier molecular flexibility index (Phi) is 3.09. The van der Waals surface area contributed by atoms with Gasteiger partial charge in [-0.15, -0.1) is 0 Å². The summed E-state index contributed by atoms with van der Waals surface area (Å²) < 4.78 is 5.25. The second-order valence-corrected chi connectivity index (χ2v) is 4.65. The van der Waals surface area contributed by atoms with Crippen molar-refractivity contribution in [2.45, 2.75) is 0 Å². The SMILES string of the molecule is O=C(c1ccc2cc(O)ccc2c1)N1CCOCC1. The number of hydrogen-bond acceptors (Lipinski definition) is 3. The average Bonchev–Trinajstić information content (AvgIpc) is 2.47. The van der Waals surface area contributed by atoms with E-state index in [0.717, 1.165) is 10.8 Å². The second-order valence-electron chi connectivity index (χ2n) is 4.65. The molecule has 0 bridgehead atoms. The molecule has 1 amide bonds. The summed E-state index contributed by atoms with van der Waals surface area (Å²) >= 11 is 0. The number of amides is 1. The van der Waals surface area contributed by atoms with Crippen molar-refractivity contribution in [2.24, 2.45) is 0 Å². The van der Waals surface area contributed by atoms with Crippen LogP contribution in [0.25, 0.3) is 10.8 Å². The predicted molar refractivity (Wildman–Crippen MR) is 72.3 cm³/mol. The lowest BCUT2D eigenvalue weighted by atomic mass is 10.1. The molecule has 0 aromatic heterocycles. The Labute approximate surface area is 111 Å². The van der Waals surface area contributed by atoms with Gasteiger partial charge in [0.05, 0.1) is 13.2 Å². The Morgan fingerprint density at radius 2 is 1.74 bits per heavy atom. The van der Waals surface area contributed by atoms with Crippen LogP contribution in [0.5, 0.6) is 5.75 Å². The van der Waals surface area contributed by atoms with Gasteiger partial charge < -0.3 is 14.7 Å². The fourth-order valence-electron chi connectivity index (χ4n) is 2.32. The lowest BCUT2D eigenvalue weighted by molar-refractivity contribution is 0.0303. The van der Waals surface area contributed by atoms with Crippen molar-refractivity contribution in [3.8, 4) is 5.75 Å². The van der Waals surface area contributed by atoms with Crippen molar-refractivity contribution in [1.82, 2.24) is 4.90 Å². The quantitative estimate of drug-likeness (QED) is 0.850. The molecule has 1 aliphatic rings. The number of aromatic hydroxyl groups is 1. The van der Waals surface area contributed by atoms with Crippen LogP contribution in [-0.2, 0) is 4.74 Å². The number of benzene rings is 2. The monoisotopic (exact) mass is 257 g/mol. The zero-order valence-corrected chi connectivity index (χ0v) is 10.5. The third-order valence-corrected chi connectivity index (χ3v) is 3.37. The van der Waals surface area contributed by atoms with Crippen LogP contribution in [-0.4, -0.2) is 42.2 Å². The molecule has 1 fully saturated rings. The minimum Gasteiger partial charge on any atom is -0.508 e. The van der Waals surface area contributed by atoms with Crippen LogP contribution >= 0.6 is 0 Å². The maximum atomic E-state index is 12.3. The van der Waals surface area contributed by atoms with Crippen LogP contribution < -0.4 is 0 Å². The van der Waals surface area contributed by atoms with E-state index >= 15 is 0 Å². The Balaban J connectivity index is 1.92. The third-order valence-electron chi connectivity index (χ3n) is 3.37. The molecule has 0 unspecified atom stereocenters. The minimum absolute atomic E-state index is 0.0401. The first-order valence-corrected chi connectivity index (χ1v) is 6.34. The van der Waals surface area contributed by atoms with Crippen LogP contribution in [0, 0.1) is 0 Å². The highest BCUT2D eigenvalue weighted by atomic mass is 16.5. The number of morpholine rings is 1. The lowest BCUT2D eigenvalue weighted by Crippen LogP contribution is -2.40. The fraction of sp³-hybridized carbons (Fsp3) is 0.267. The van der Waals surface area contributed by atoms with Gasteiger partial charge >= 0.3 is 0 Å². The van der Waals surface area contributed by atoms with Gasteiger partial charge in [0.25, 0.3) is 5.91 Å². The van der Waals surface area contributed by atoms with E-state index in [2.05, 4.69) is 0 Å². The van der Waals surface area contributed by atoms with Gasteiger partial charge in [-0.1, -0.05) is 12.1 Å². The molecular weight excluding hydrogens is 242 g/mol. The van der Waals surface area contributed by atoms with Crippen LogP contribution in [0.1, 0.15) is 10.4 Å². The molecule has 4 nitrogen and oxygen atoms in total. The van der Waals surface area contributed by atoms with Crippen molar-refractivity contribution in [1.29, 1.82) is 0 Å². The largest absolute Gasteiger partial charge is 0.508 e. The topological polar surface area (TPSA) is 49.8 Å². The van der Waals surface area contributed by atoms with Crippen LogP contribution in [0.2, 0.25) is 0 Å². The predicted octanol–water partition coefficient (Wildman–Crippen LogP) is 2.02. The summed E-state index contributed by atoms with van der Waals surface area (Å²) in [6.45, 7) is 2.50. The van der Waals surface area contributed by atoms with Gasteiger partial charge in [0.2, 0.25) is 0 Å². The van der Waals surface area contributed by atoms with Gasteiger partial charge in [-0.05, 0) is 35.0 Å². The molecule has 2 aromatic carbocycles. The standard InChI is InChI=1S/C15H15NO3/c17-14-4-3-11-9-13(2-1-12(11)10-14)15(18)16-5-7-19-8-6-16/h1-4,9-10,17H,5-8H2. The van der Waals surface area contributed by atoms with Crippen LogP contribution in [0.3, 0.4) is 0 Å². The summed E-state index contributed by atoms with van der Waals surface area (Å²) in [7, 11) is 0. The maximum Gasteiger partial charge on any atom is 0.254 e. The summed E-state index contributed by atoms with van der Waals surface area (Å²) in [6, 6.07) is 10.7. The number of nitrogens with zero attached hydrogens (tertiary/aromatic N) is 1. The van der Waals surface area contributed by atoms with E-state index in [1.807, 2.05) is 23.1 Å². The van der Waals surface area contributed by atoms with Gasteiger partial charge in [-0.2, -0.15) is 0 Å².